The van der Waals surface area contributed by atoms with Crippen LogP contribution in [0.2, 0.25) is 0 Å². The first-order valence-electron chi connectivity index (χ1n) is 8.00. The SMILES string of the molecule is CC#CCC(=O)C1CC2CCC(C1)N2Cc1ccccc1. The highest BCUT2D eigenvalue weighted by Gasteiger charge is 2.42. The third-order valence-corrected chi connectivity index (χ3v) is 4.99. The van der Waals surface area contributed by atoms with Crippen molar-refractivity contribution in [2.45, 2.75) is 57.7 Å². The Morgan fingerprint density at radius 1 is 1.19 bits per heavy atom. The first-order chi connectivity index (χ1) is 10.3. The monoisotopic (exact) mass is 281 g/mol. The Hall–Kier alpha value is -1.59. The molecule has 0 radical (unpaired) electrons. The number of Topliss-reactive ketones (excluding diaryl/α,β-unsaturated/α-hetero) is 1. The van der Waals surface area contributed by atoms with Crippen molar-refractivity contribution >= 4 is 5.78 Å². The maximum absolute atomic E-state index is 12.2. The summed E-state index contributed by atoms with van der Waals surface area (Å²) < 4.78 is 0. The third-order valence-electron chi connectivity index (χ3n) is 4.99. The minimum Gasteiger partial charge on any atom is -0.298 e. The number of carbonyl (C=O) groups excluding carboxylic acids is 1. The molecule has 2 nitrogen and oxygen atoms in total. The highest BCUT2D eigenvalue weighted by Crippen LogP contribution is 2.40. The maximum Gasteiger partial charge on any atom is 0.147 e. The molecule has 0 saturated carbocycles. The Balaban J connectivity index is 1.64. The third kappa shape index (κ3) is 3.19. The largest absolute Gasteiger partial charge is 0.298 e. The zero-order valence-corrected chi connectivity index (χ0v) is 12.7. The summed E-state index contributed by atoms with van der Waals surface area (Å²) in [6.45, 7) is 2.84. The Morgan fingerprint density at radius 2 is 1.86 bits per heavy atom. The summed E-state index contributed by atoms with van der Waals surface area (Å²) in [5.74, 6) is 6.38. The molecule has 2 atom stereocenters. The lowest BCUT2D eigenvalue weighted by Crippen LogP contribution is -2.44. The fourth-order valence-corrected chi connectivity index (χ4v) is 3.91. The van der Waals surface area contributed by atoms with Gasteiger partial charge in [0.25, 0.3) is 0 Å². The van der Waals surface area contributed by atoms with Gasteiger partial charge in [-0.15, -0.1) is 5.92 Å². The van der Waals surface area contributed by atoms with E-state index < -0.39 is 0 Å². The molecule has 2 aliphatic rings. The van der Waals surface area contributed by atoms with E-state index in [4.69, 9.17) is 0 Å². The van der Waals surface area contributed by atoms with Crippen LogP contribution in [0.3, 0.4) is 0 Å². The summed E-state index contributed by atoms with van der Waals surface area (Å²) in [5.41, 5.74) is 1.39. The molecular weight excluding hydrogens is 258 g/mol. The predicted molar refractivity (Wildman–Crippen MR) is 84.6 cm³/mol. The fraction of sp³-hybridized carbons (Fsp3) is 0.526. The van der Waals surface area contributed by atoms with Crippen molar-refractivity contribution < 1.29 is 4.79 Å². The van der Waals surface area contributed by atoms with Gasteiger partial charge in [0.05, 0.1) is 6.42 Å². The van der Waals surface area contributed by atoms with E-state index in [1.54, 1.807) is 6.92 Å². The van der Waals surface area contributed by atoms with Gasteiger partial charge in [0.15, 0.2) is 0 Å². The van der Waals surface area contributed by atoms with Gasteiger partial charge in [-0.05, 0) is 38.2 Å². The first kappa shape index (κ1) is 14.4. The van der Waals surface area contributed by atoms with E-state index in [2.05, 4.69) is 47.1 Å². The number of fused-ring (bicyclic) bond motifs is 2. The molecule has 110 valence electrons. The van der Waals surface area contributed by atoms with Crippen LogP contribution in [0, 0.1) is 17.8 Å². The topological polar surface area (TPSA) is 20.3 Å². The van der Waals surface area contributed by atoms with Gasteiger partial charge in [-0.2, -0.15) is 0 Å². The molecule has 2 heterocycles. The Bertz CT molecular complexity index is 540. The van der Waals surface area contributed by atoms with Gasteiger partial charge in [0.1, 0.15) is 5.78 Å². The molecule has 0 N–H and O–H groups in total. The zero-order chi connectivity index (χ0) is 14.7. The lowest BCUT2D eigenvalue weighted by molar-refractivity contribution is -0.124. The van der Waals surface area contributed by atoms with Crippen molar-refractivity contribution in [3.05, 3.63) is 35.9 Å². The molecular formula is C19H23NO. The molecule has 1 aromatic rings. The van der Waals surface area contributed by atoms with Crippen LogP contribution in [-0.2, 0) is 11.3 Å². The molecule has 2 heteroatoms. The van der Waals surface area contributed by atoms with Crippen molar-refractivity contribution in [2.24, 2.45) is 5.92 Å². The molecule has 2 unspecified atom stereocenters. The van der Waals surface area contributed by atoms with Gasteiger partial charge in [0, 0.05) is 24.5 Å². The molecule has 0 spiro atoms. The van der Waals surface area contributed by atoms with Crippen LogP contribution in [0.4, 0.5) is 0 Å². The van der Waals surface area contributed by atoms with Crippen LogP contribution in [-0.4, -0.2) is 22.8 Å². The standard InChI is InChI=1S/C19H23NO/c1-2-3-9-19(21)16-12-17-10-11-18(13-16)20(17)14-15-7-5-4-6-8-15/h4-8,16-18H,9-14H2,1H3. The second-order valence-electron chi connectivity index (χ2n) is 6.28. The summed E-state index contributed by atoms with van der Waals surface area (Å²) in [6.07, 6.45) is 5.02. The number of rotatable bonds is 4. The Labute approximate surface area is 127 Å². The molecule has 2 aliphatic heterocycles. The first-order valence-corrected chi connectivity index (χ1v) is 8.00. The van der Waals surface area contributed by atoms with Gasteiger partial charge in [-0.1, -0.05) is 36.3 Å². The van der Waals surface area contributed by atoms with Crippen LogP contribution < -0.4 is 0 Å². The summed E-state index contributed by atoms with van der Waals surface area (Å²) in [6, 6.07) is 11.9. The smallest absolute Gasteiger partial charge is 0.147 e. The van der Waals surface area contributed by atoms with E-state index in [0.717, 1.165) is 19.4 Å². The van der Waals surface area contributed by atoms with Crippen molar-refractivity contribution in [1.29, 1.82) is 0 Å². The van der Waals surface area contributed by atoms with Crippen LogP contribution in [0.25, 0.3) is 0 Å². The second kappa shape index (κ2) is 6.45. The van der Waals surface area contributed by atoms with E-state index in [1.807, 2.05) is 0 Å². The average Bonchev–Trinajstić information content (AvgIpc) is 2.75. The number of ketones is 1. The van der Waals surface area contributed by atoms with E-state index in [-0.39, 0.29) is 5.92 Å². The molecule has 0 aliphatic carbocycles. The van der Waals surface area contributed by atoms with Gasteiger partial charge in [-0.25, -0.2) is 0 Å². The van der Waals surface area contributed by atoms with E-state index >= 15 is 0 Å². The second-order valence-corrected chi connectivity index (χ2v) is 6.28. The normalized spacial score (nSPS) is 28.0. The summed E-state index contributed by atoms with van der Waals surface area (Å²) in [5, 5.41) is 0. The number of hydrogen-bond donors (Lipinski definition) is 0. The Morgan fingerprint density at radius 3 is 2.48 bits per heavy atom. The molecule has 1 aromatic carbocycles. The van der Waals surface area contributed by atoms with E-state index in [9.17, 15) is 4.79 Å². The lowest BCUT2D eigenvalue weighted by atomic mass is 9.86. The average molecular weight is 281 g/mol. The van der Waals surface area contributed by atoms with Gasteiger partial charge < -0.3 is 0 Å². The van der Waals surface area contributed by atoms with Crippen molar-refractivity contribution in [3.8, 4) is 11.8 Å². The van der Waals surface area contributed by atoms with Crippen LogP contribution >= 0.6 is 0 Å². The zero-order valence-electron chi connectivity index (χ0n) is 12.7. The van der Waals surface area contributed by atoms with Crippen LogP contribution in [0.15, 0.2) is 30.3 Å². The number of piperidine rings is 1. The number of benzene rings is 1. The van der Waals surface area contributed by atoms with E-state index in [0.29, 0.717) is 24.3 Å². The molecule has 3 rings (SSSR count). The minimum absolute atomic E-state index is 0.246. The molecule has 0 aromatic heterocycles. The van der Waals surface area contributed by atoms with E-state index in [1.165, 1.54) is 18.4 Å². The van der Waals surface area contributed by atoms with Crippen molar-refractivity contribution in [1.82, 2.24) is 4.90 Å². The summed E-state index contributed by atoms with van der Waals surface area (Å²) >= 11 is 0. The van der Waals surface area contributed by atoms with Gasteiger partial charge in [0.2, 0.25) is 0 Å². The van der Waals surface area contributed by atoms with Gasteiger partial charge in [-0.3, -0.25) is 9.69 Å². The molecule has 21 heavy (non-hydrogen) atoms. The number of hydrogen-bond acceptors (Lipinski definition) is 2. The van der Waals surface area contributed by atoms with Crippen LogP contribution in [0.1, 0.15) is 44.6 Å². The lowest BCUT2D eigenvalue weighted by Gasteiger charge is -2.38. The Kier molecular flexibility index (Phi) is 4.41. The van der Waals surface area contributed by atoms with Crippen LogP contribution in [0.5, 0.6) is 0 Å². The highest BCUT2D eigenvalue weighted by atomic mass is 16.1. The summed E-state index contributed by atoms with van der Waals surface area (Å²) in [7, 11) is 0. The quantitative estimate of drug-likeness (QED) is 0.788. The predicted octanol–water partition coefficient (Wildman–Crippen LogP) is 3.41. The fourth-order valence-electron chi connectivity index (χ4n) is 3.91. The summed E-state index contributed by atoms with van der Waals surface area (Å²) in [4.78, 5) is 14.8. The molecule has 2 bridgehead atoms. The van der Waals surface area contributed by atoms with Gasteiger partial charge >= 0.3 is 0 Å². The van der Waals surface area contributed by atoms with Crippen molar-refractivity contribution in [3.63, 3.8) is 0 Å². The minimum atomic E-state index is 0.246. The molecule has 2 fully saturated rings. The van der Waals surface area contributed by atoms with Crippen molar-refractivity contribution in [2.75, 3.05) is 0 Å². The number of nitrogens with zero attached hydrogens (tertiary/aromatic N) is 1. The maximum atomic E-state index is 12.2. The molecule has 0 amide bonds. The molecule has 2 saturated heterocycles. The highest BCUT2D eigenvalue weighted by molar-refractivity contribution is 5.83. The number of carbonyl (C=O) groups is 1.